The number of carbonyl (C=O) groups excluding carboxylic acids is 1. The monoisotopic (exact) mass is 345 g/mol. The van der Waals surface area contributed by atoms with Gasteiger partial charge in [-0.25, -0.2) is 0 Å². The number of nitrogens with one attached hydrogen (secondary N) is 1. The predicted octanol–water partition coefficient (Wildman–Crippen LogP) is 5.08. The van der Waals surface area contributed by atoms with Gasteiger partial charge >= 0.3 is 0 Å². The molecular formula is C23H23NO2. The zero-order chi connectivity index (χ0) is 18.1. The highest BCUT2D eigenvalue weighted by atomic mass is 16.5. The van der Waals surface area contributed by atoms with Gasteiger partial charge in [0.25, 0.3) is 5.91 Å². The molecule has 0 aromatic heterocycles. The Kier molecular flexibility index (Phi) is 4.37. The SMILES string of the molecule is CC(C)c1ccc(OCC(=O)Nc2ccc3c4c(cccc24)CC3)cc1. The Morgan fingerprint density at radius 3 is 2.46 bits per heavy atom. The third kappa shape index (κ3) is 3.17. The van der Waals surface area contributed by atoms with Crippen LogP contribution in [0.4, 0.5) is 5.69 Å². The Labute approximate surface area is 154 Å². The van der Waals surface area contributed by atoms with Crippen LogP contribution >= 0.6 is 0 Å². The van der Waals surface area contributed by atoms with Crippen molar-refractivity contribution in [3.63, 3.8) is 0 Å². The summed E-state index contributed by atoms with van der Waals surface area (Å²) >= 11 is 0. The first-order valence-electron chi connectivity index (χ1n) is 9.18. The summed E-state index contributed by atoms with van der Waals surface area (Å²) < 4.78 is 5.63. The summed E-state index contributed by atoms with van der Waals surface area (Å²) in [7, 11) is 0. The molecule has 0 aliphatic heterocycles. The summed E-state index contributed by atoms with van der Waals surface area (Å²) in [5.41, 5.74) is 4.86. The zero-order valence-corrected chi connectivity index (χ0v) is 15.2. The fraction of sp³-hybridized carbons (Fsp3) is 0.261. The lowest BCUT2D eigenvalue weighted by atomic mass is 10.0. The Balaban J connectivity index is 1.45. The second-order valence-corrected chi connectivity index (χ2v) is 7.17. The minimum Gasteiger partial charge on any atom is -0.484 e. The average Bonchev–Trinajstić information content (AvgIpc) is 3.07. The molecule has 26 heavy (non-hydrogen) atoms. The molecular weight excluding hydrogens is 322 g/mol. The third-order valence-corrected chi connectivity index (χ3v) is 5.07. The predicted molar refractivity (Wildman–Crippen MR) is 106 cm³/mol. The summed E-state index contributed by atoms with van der Waals surface area (Å²) in [6.07, 6.45) is 2.17. The molecule has 0 atom stereocenters. The Morgan fingerprint density at radius 2 is 1.73 bits per heavy atom. The first-order chi connectivity index (χ1) is 12.6. The molecule has 3 aromatic carbocycles. The second-order valence-electron chi connectivity index (χ2n) is 7.17. The van der Waals surface area contributed by atoms with Crippen LogP contribution in [-0.4, -0.2) is 12.5 Å². The maximum atomic E-state index is 12.4. The molecule has 4 rings (SSSR count). The number of ether oxygens (including phenoxy) is 1. The molecule has 0 bridgehead atoms. The number of anilines is 1. The maximum Gasteiger partial charge on any atom is 0.262 e. The molecule has 1 N–H and O–H groups in total. The van der Waals surface area contributed by atoms with Gasteiger partial charge in [0.1, 0.15) is 5.75 Å². The summed E-state index contributed by atoms with van der Waals surface area (Å²) in [4.78, 5) is 12.4. The van der Waals surface area contributed by atoms with Crippen molar-refractivity contribution in [2.45, 2.75) is 32.6 Å². The summed E-state index contributed by atoms with van der Waals surface area (Å²) in [6.45, 7) is 4.31. The van der Waals surface area contributed by atoms with Gasteiger partial charge in [-0.1, -0.05) is 50.2 Å². The maximum absolute atomic E-state index is 12.4. The molecule has 1 aliphatic carbocycles. The van der Waals surface area contributed by atoms with Gasteiger partial charge in [0, 0.05) is 11.1 Å². The van der Waals surface area contributed by atoms with Crippen LogP contribution in [0.15, 0.2) is 54.6 Å². The minimum atomic E-state index is -0.142. The quantitative estimate of drug-likeness (QED) is 0.700. The molecule has 0 fully saturated rings. The van der Waals surface area contributed by atoms with E-state index in [0.717, 1.165) is 23.9 Å². The van der Waals surface area contributed by atoms with E-state index in [2.05, 4.69) is 43.4 Å². The van der Waals surface area contributed by atoms with Crippen LogP contribution in [-0.2, 0) is 17.6 Å². The molecule has 3 nitrogen and oxygen atoms in total. The molecule has 0 unspecified atom stereocenters. The van der Waals surface area contributed by atoms with E-state index in [1.54, 1.807) is 0 Å². The van der Waals surface area contributed by atoms with E-state index in [9.17, 15) is 4.79 Å². The van der Waals surface area contributed by atoms with Crippen LogP contribution in [0.5, 0.6) is 5.75 Å². The standard InChI is InChI=1S/C23H23NO2/c1-15(2)16-8-11-19(12-9-16)26-14-22(25)24-21-13-10-18-7-6-17-4-3-5-20(21)23(17)18/h3-5,8-13,15H,6-7,14H2,1-2H3,(H,24,25). The summed E-state index contributed by atoms with van der Waals surface area (Å²) in [5, 5.41) is 5.42. The van der Waals surface area contributed by atoms with E-state index in [4.69, 9.17) is 4.74 Å². The molecule has 132 valence electrons. The van der Waals surface area contributed by atoms with Gasteiger partial charge in [0.15, 0.2) is 6.61 Å². The van der Waals surface area contributed by atoms with Crippen molar-refractivity contribution in [1.29, 1.82) is 0 Å². The molecule has 1 aliphatic rings. The highest BCUT2D eigenvalue weighted by Crippen LogP contribution is 2.34. The fourth-order valence-electron chi connectivity index (χ4n) is 3.64. The molecule has 0 saturated carbocycles. The Hall–Kier alpha value is -2.81. The van der Waals surface area contributed by atoms with Crippen molar-refractivity contribution in [3.8, 4) is 5.75 Å². The Bertz CT molecular complexity index is 948. The van der Waals surface area contributed by atoms with E-state index in [1.807, 2.05) is 30.3 Å². The number of hydrogen-bond donors (Lipinski definition) is 1. The van der Waals surface area contributed by atoms with Crippen LogP contribution in [0.25, 0.3) is 10.8 Å². The van der Waals surface area contributed by atoms with E-state index < -0.39 is 0 Å². The molecule has 0 spiro atoms. The number of hydrogen-bond acceptors (Lipinski definition) is 2. The van der Waals surface area contributed by atoms with Crippen LogP contribution in [0.2, 0.25) is 0 Å². The molecule has 3 heteroatoms. The van der Waals surface area contributed by atoms with Gasteiger partial charge in [0.2, 0.25) is 0 Å². The number of benzene rings is 3. The molecule has 1 amide bonds. The number of amides is 1. The van der Waals surface area contributed by atoms with Gasteiger partial charge in [-0.2, -0.15) is 0 Å². The molecule has 0 saturated heterocycles. The number of rotatable bonds is 5. The van der Waals surface area contributed by atoms with Crippen molar-refractivity contribution in [3.05, 3.63) is 71.3 Å². The van der Waals surface area contributed by atoms with E-state index in [1.165, 1.54) is 22.1 Å². The second kappa shape index (κ2) is 6.83. The van der Waals surface area contributed by atoms with Gasteiger partial charge in [-0.15, -0.1) is 0 Å². The summed E-state index contributed by atoms with van der Waals surface area (Å²) in [5.74, 6) is 1.05. The van der Waals surface area contributed by atoms with Crippen molar-refractivity contribution >= 4 is 22.4 Å². The van der Waals surface area contributed by atoms with E-state index in [-0.39, 0.29) is 12.5 Å². The van der Waals surface area contributed by atoms with Gasteiger partial charge in [0.05, 0.1) is 0 Å². The zero-order valence-electron chi connectivity index (χ0n) is 15.2. The van der Waals surface area contributed by atoms with Crippen molar-refractivity contribution in [2.24, 2.45) is 0 Å². The lowest BCUT2D eigenvalue weighted by Crippen LogP contribution is -2.20. The summed E-state index contributed by atoms with van der Waals surface area (Å²) in [6, 6.07) is 18.4. The molecule has 0 heterocycles. The highest BCUT2D eigenvalue weighted by Gasteiger charge is 2.16. The third-order valence-electron chi connectivity index (χ3n) is 5.07. The van der Waals surface area contributed by atoms with E-state index >= 15 is 0 Å². The first-order valence-corrected chi connectivity index (χ1v) is 9.18. The topological polar surface area (TPSA) is 38.3 Å². The minimum absolute atomic E-state index is 0.00393. The molecule has 3 aromatic rings. The van der Waals surface area contributed by atoms with Crippen molar-refractivity contribution < 1.29 is 9.53 Å². The molecule has 0 radical (unpaired) electrons. The van der Waals surface area contributed by atoms with Crippen molar-refractivity contribution in [2.75, 3.05) is 11.9 Å². The number of carbonyl (C=O) groups is 1. The Morgan fingerprint density at radius 1 is 1.00 bits per heavy atom. The lowest BCUT2D eigenvalue weighted by molar-refractivity contribution is -0.118. The van der Waals surface area contributed by atoms with Crippen LogP contribution in [0, 0.1) is 0 Å². The van der Waals surface area contributed by atoms with Crippen LogP contribution in [0.3, 0.4) is 0 Å². The van der Waals surface area contributed by atoms with Crippen molar-refractivity contribution in [1.82, 2.24) is 0 Å². The van der Waals surface area contributed by atoms with Gasteiger partial charge in [-0.05, 0) is 59.0 Å². The smallest absolute Gasteiger partial charge is 0.262 e. The first kappa shape index (κ1) is 16.6. The van der Waals surface area contributed by atoms with Crippen LogP contribution in [0.1, 0.15) is 36.5 Å². The number of aryl methyl sites for hydroxylation is 2. The lowest BCUT2D eigenvalue weighted by Gasteiger charge is -2.12. The van der Waals surface area contributed by atoms with Gasteiger partial charge in [-0.3, -0.25) is 4.79 Å². The van der Waals surface area contributed by atoms with Crippen LogP contribution < -0.4 is 10.1 Å². The largest absolute Gasteiger partial charge is 0.484 e. The van der Waals surface area contributed by atoms with E-state index in [0.29, 0.717) is 11.7 Å². The van der Waals surface area contributed by atoms with Gasteiger partial charge < -0.3 is 10.1 Å². The normalized spacial score (nSPS) is 12.6. The fourth-order valence-corrected chi connectivity index (χ4v) is 3.64. The highest BCUT2D eigenvalue weighted by molar-refractivity contribution is 6.05. The average molecular weight is 345 g/mol.